The van der Waals surface area contributed by atoms with Crippen LogP contribution in [-0.2, 0) is 27.4 Å². The maximum Gasteiger partial charge on any atom is 0.252 e. The number of ether oxygens (including phenoxy) is 1. The van der Waals surface area contributed by atoms with Gasteiger partial charge in [-0.3, -0.25) is 9.59 Å². The van der Waals surface area contributed by atoms with Gasteiger partial charge in [0.05, 0.1) is 0 Å². The molecule has 0 aromatic carbocycles. The highest BCUT2D eigenvalue weighted by molar-refractivity contribution is 5.79. The van der Waals surface area contributed by atoms with Crippen LogP contribution in [0.2, 0.25) is 0 Å². The molecule has 1 aliphatic carbocycles. The Hall–Kier alpha value is -1.96. The summed E-state index contributed by atoms with van der Waals surface area (Å²) in [5.41, 5.74) is 0. The van der Waals surface area contributed by atoms with E-state index in [2.05, 4.69) is 10.1 Å². The zero-order valence-corrected chi connectivity index (χ0v) is 17.1. The lowest BCUT2D eigenvalue weighted by Gasteiger charge is -2.40. The molecule has 1 aromatic rings. The Morgan fingerprint density at radius 3 is 2.71 bits per heavy atom. The van der Waals surface area contributed by atoms with Crippen molar-refractivity contribution in [2.24, 2.45) is 5.92 Å². The summed E-state index contributed by atoms with van der Waals surface area (Å²) < 4.78 is 10.1. The fourth-order valence-electron chi connectivity index (χ4n) is 4.41. The molecule has 1 saturated carbocycles. The number of piperidine rings is 1. The minimum atomic E-state index is 0.0255. The lowest BCUT2D eigenvalue weighted by Crippen LogP contribution is -2.53. The molecule has 1 atom stereocenters. The van der Waals surface area contributed by atoms with Crippen molar-refractivity contribution >= 4 is 11.8 Å². The van der Waals surface area contributed by atoms with Crippen LogP contribution in [0, 0.1) is 5.92 Å². The summed E-state index contributed by atoms with van der Waals surface area (Å²) in [5, 5.41) is 3.95. The highest BCUT2D eigenvalue weighted by Crippen LogP contribution is 2.27. The van der Waals surface area contributed by atoms with E-state index in [1.54, 1.807) is 14.0 Å². The summed E-state index contributed by atoms with van der Waals surface area (Å²) in [7, 11) is 1.57. The molecule has 2 amide bonds. The molecule has 0 radical (unpaired) electrons. The first kappa shape index (κ1) is 20.8. The average Bonchev–Trinajstić information content (AvgIpc) is 3.16. The minimum Gasteiger partial charge on any atom is -0.375 e. The van der Waals surface area contributed by atoms with Gasteiger partial charge in [-0.15, -0.1) is 0 Å². The quantitative estimate of drug-likeness (QED) is 0.707. The molecular weight excluding hydrogens is 360 g/mol. The van der Waals surface area contributed by atoms with E-state index in [1.165, 1.54) is 6.42 Å². The third-order valence-corrected chi connectivity index (χ3v) is 5.86. The first-order valence-corrected chi connectivity index (χ1v) is 10.4. The standard InChI is InChI=1S/C20H32N4O4/c1-15(25)24(12-10-18-21-19(14-27-2)28-22-18)17-9-6-11-23(13-17)20(26)16-7-4-3-5-8-16/h16-17H,3-14H2,1-2H3. The van der Waals surface area contributed by atoms with Crippen LogP contribution < -0.4 is 0 Å². The van der Waals surface area contributed by atoms with Crippen molar-refractivity contribution in [2.45, 2.75) is 70.9 Å². The molecule has 0 bridgehead atoms. The number of likely N-dealkylation sites (tertiary alicyclic amines) is 1. The number of nitrogens with zero attached hydrogens (tertiary/aromatic N) is 4. The van der Waals surface area contributed by atoms with Crippen molar-refractivity contribution in [1.29, 1.82) is 0 Å². The van der Waals surface area contributed by atoms with Crippen LogP contribution in [-0.4, -0.2) is 64.5 Å². The number of hydrogen-bond acceptors (Lipinski definition) is 6. The van der Waals surface area contributed by atoms with E-state index in [4.69, 9.17) is 9.26 Å². The third kappa shape index (κ3) is 5.31. The first-order valence-electron chi connectivity index (χ1n) is 10.4. The van der Waals surface area contributed by atoms with E-state index in [1.807, 2.05) is 9.80 Å². The van der Waals surface area contributed by atoms with Crippen LogP contribution in [0.5, 0.6) is 0 Å². The number of amides is 2. The van der Waals surface area contributed by atoms with Crippen LogP contribution in [0.15, 0.2) is 4.52 Å². The van der Waals surface area contributed by atoms with E-state index in [9.17, 15) is 9.59 Å². The largest absolute Gasteiger partial charge is 0.375 e. The Balaban J connectivity index is 1.57. The molecule has 8 heteroatoms. The first-order chi connectivity index (χ1) is 13.6. The predicted octanol–water partition coefficient (Wildman–Crippen LogP) is 2.18. The van der Waals surface area contributed by atoms with Crippen LogP contribution in [0.25, 0.3) is 0 Å². The van der Waals surface area contributed by atoms with E-state index < -0.39 is 0 Å². The van der Waals surface area contributed by atoms with Gasteiger partial charge in [0.15, 0.2) is 5.82 Å². The van der Waals surface area contributed by atoms with Gasteiger partial charge in [-0.2, -0.15) is 4.98 Å². The average molecular weight is 393 g/mol. The summed E-state index contributed by atoms with van der Waals surface area (Å²) in [6.45, 7) is 3.84. The number of carbonyl (C=O) groups excluding carboxylic acids is 2. The van der Waals surface area contributed by atoms with Gasteiger partial charge in [0.25, 0.3) is 5.89 Å². The predicted molar refractivity (Wildman–Crippen MR) is 102 cm³/mol. The fourth-order valence-corrected chi connectivity index (χ4v) is 4.41. The van der Waals surface area contributed by atoms with Gasteiger partial charge in [0.2, 0.25) is 11.8 Å². The Bertz CT molecular complexity index is 656. The zero-order valence-electron chi connectivity index (χ0n) is 17.1. The Kier molecular flexibility index (Phi) is 7.42. The second-order valence-corrected chi connectivity index (χ2v) is 7.92. The molecular formula is C20H32N4O4. The molecule has 2 fully saturated rings. The molecule has 3 rings (SSSR count). The molecule has 2 heterocycles. The van der Waals surface area contributed by atoms with Crippen molar-refractivity contribution in [1.82, 2.24) is 19.9 Å². The lowest BCUT2D eigenvalue weighted by molar-refractivity contribution is -0.142. The van der Waals surface area contributed by atoms with E-state index in [0.29, 0.717) is 31.2 Å². The van der Waals surface area contributed by atoms with E-state index in [-0.39, 0.29) is 30.4 Å². The topological polar surface area (TPSA) is 88.8 Å². The molecule has 0 N–H and O–H groups in total. The number of carbonyl (C=O) groups is 2. The van der Waals surface area contributed by atoms with Crippen molar-refractivity contribution in [3.05, 3.63) is 11.7 Å². The molecule has 2 aliphatic rings. The number of methoxy groups -OCH3 is 1. The van der Waals surface area contributed by atoms with Crippen LogP contribution in [0.1, 0.15) is 63.6 Å². The molecule has 156 valence electrons. The van der Waals surface area contributed by atoms with Gasteiger partial charge in [-0.1, -0.05) is 24.4 Å². The van der Waals surface area contributed by atoms with Crippen molar-refractivity contribution in [2.75, 3.05) is 26.7 Å². The summed E-state index contributed by atoms with van der Waals surface area (Å²) in [6, 6.07) is 0.0594. The van der Waals surface area contributed by atoms with E-state index >= 15 is 0 Å². The van der Waals surface area contributed by atoms with Gasteiger partial charge >= 0.3 is 0 Å². The van der Waals surface area contributed by atoms with Gasteiger partial charge in [-0.25, -0.2) is 0 Å². The molecule has 8 nitrogen and oxygen atoms in total. The molecule has 1 unspecified atom stereocenters. The SMILES string of the molecule is COCc1nc(CCN(C(C)=O)C2CCCN(C(=O)C3CCCCC3)C2)no1. The maximum absolute atomic E-state index is 12.9. The molecule has 28 heavy (non-hydrogen) atoms. The van der Waals surface area contributed by atoms with Gasteiger partial charge < -0.3 is 19.1 Å². The van der Waals surface area contributed by atoms with Crippen molar-refractivity contribution in [3.63, 3.8) is 0 Å². The maximum atomic E-state index is 12.9. The Morgan fingerprint density at radius 1 is 1.21 bits per heavy atom. The lowest BCUT2D eigenvalue weighted by atomic mass is 9.87. The molecule has 1 aromatic heterocycles. The molecule has 1 saturated heterocycles. The smallest absolute Gasteiger partial charge is 0.252 e. The summed E-state index contributed by atoms with van der Waals surface area (Å²) in [5.74, 6) is 1.50. The summed E-state index contributed by atoms with van der Waals surface area (Å²) >= 11 is 0. The normalized spacial score (nSPS) is 20.9. The second-order valence-electron chi connectivity index (χ2n) is 7.92. The van der Waals surface area contributed by atoms with Crippen LogP contribution >= 0.6 is 0 Å². The molecule has 0 spiro atoms. The third-order valence-electron chi connectivity index (χ3n) is 5.86. The van der Waals surface area contributed by atoms with Crippen LogP contribution in [0.4, 0.5) is 0 Å². The zero-order chi connectivity index (χ0) is 19.9. The van der Waals surface area contributed by atoms with Gasteiger partial charge in [0, 0.05) is 52.0 Å². The van der Waals surface area contributed by atoms with Crippen molar-refractivity contribution in [3.8, 4) is 0 Å². The number of aromatic nitrogens is 2. The Morgan fingerprint density at radius 2 is 2.00 bits per heavy atom. The van der Waals surface area contributed by atoms with Gasteiger partial charge in [0.1, 0.15) is 6.61 Å². The highest BCUT2D eigenvalue weighted by atomic mass is 16.5. The second kappa shape index (κ2) is 10.0. The fraction of sp³-hybridized carbons (Fsp3) is 0.800. The van der Waals surface area contributed by atoms with E-state index in [0.717, 1.165) is 45.1 Å². The van der Waals surface area contributed by atoms with Crippen molar-refractivity contribution < 1.29 is 18.8 Å². The van der Waals surface area contributed by atoms with Crippen LogP contribution in [0.3, 0.4) is 0 Å². The highest BCUT2D eigenvalue weighted by Gasteiger charge is 2.32. The summed E-state index contributed by atoms with van der Waals surface area (Å²) in [6.07, 6.45) is 7.97. The molecule has 1 aliphatic heterocycles. The Labute approximate surface area is 166 Å². The summed E-state index contributed by atoms with van der Waals surface area (Å²) in [4.78, 5) is 33.3. The monoisotopic (exact) mass is 392 g/mol. The number of rotatable bonds is 7. The minimum absolute atomic E-state index is 0.0255. The van der Waals surface area contributed by atoms with Gasteiger partial charge in [-0.05, 0) is 25.7 Å². The number of hydrogen-bond donors (Lipinski definition) is 0.